The van der Waals surface area contributed by atoms with Gasteiger partial charge in [-0.15, -0.1) is 0 Å². The van der Waals surface area contributed by atoms with Crippen LogP contribution in [0.5, 0.6) is 5.75 Å². The Labute approximate surface area is 215 Å². The third-order valence-electron chi connectivity index (χ3n) is 6.95. The normalized spacial score (nSPS) is 17.3. The number of hydrogen-bond donors (Lipinski definition) is 1. The lowest BCUT2D eigenvalue weighted by Gasteiger charge is -2.28. The Morgan fingerprint density at radius 3 is 2.33 bits per heavy atom. The lowest BCUT2D eigenvalue weighted by molar-refractivity contribution is -0.140. The fraction of sp³-hybridized carbons (Fsp3) is 0.467. The maximum absolute atomic E-state index is 13.3. The van der Waals surface area contributed by atoms with E-state index < -0.39 is 17.7 Å². The lowest BCUT2D eigenvalue weighted by atomic mass is 9.93. The molecule has 1 aliphatic heterocycles. The molecule has 0 bridgehead atoms. The Balaban J connectivity index is 2.02. The maximum Gasteiger partial charge on any atom is 0.295 e. The number of hydrogen-bond acceptors (Lipinski definition) is 5. The molecule has 1 heterocycles. The van der Waals surface area contributed by atoms with Crippen molar-refractivity contribution in [1.29, 1.82) is 0 Å². The van der Waals surface area contributed by atoms with E-state index in [2.05, 4.69) is 25.7 Å². The van der Waals surface area contributed by atoms with Crippen LogP contribution in [0.15, 0.2) is 48.0 Å². The van der Waals surface area contributed by atoms with Gasteiger partial charge in [0.2, 0.25) is 0 Å². The number of benzene rings is 2. The number of aliphatic hydroxyl groups is 1. The molecule has 36 heavy (non-hydrogen) atoms. The van der Waals surface area contributed by atoms with E-state index in [1.165, 1.54) is 0 Å². The number of Topliss-reactive ketones (excluding diaryl/α,β-unsaturated/α-hetero) is 1. The van der Waals surface area contributed by atoms with Gasteiger partial charge in [-0.1, -0.05) is 63.4 Å². The summed E-state index contributed by atoms with van der Waals surface area (Å²) in [7, 11) is 0. The van der Waals surface area contributed by atoms with Crippen molar-refractivity contribution < 1.29 is 19.4 Å². The molecular weight excluding hydrogens is 452 g/mol. The topological polar surface area (TPSA) is 70.1 Å². The summed E-state index contributed by atoms with van der Waals surface area (Å²) in [6.07, 6.45) is 3.26. The first kappa shape index (κ1) is 27.5. The average molecular weight is 493 g/mol. The monoisotopic (exact) mass is 492 g/mol. The molecule has 0 aromatic heterocycles. The quantitative estimate of drug-likeness (QED) is 0.180. The Morgan fingerprint density at radius 2 is 1.69 bits per heavy atom. The molecule has 2 aromatic rings. The first-order valence-electron chi connectivity index (χ1n) is 13.1. The number of carbonyl (C=O) groups is 2. The van der Waals surface area contributed by atoms with Crippen LogP contribution in [0.1, 0.15) is 68.3 Å². The van der Waals surface area contributed by atoms with E-state index in [9.17, 15) is 14.7 Å². The molecule has 6 nitrogen and oxygen atoms in total. The van der Waals surface area contributed by atoms with Gasteiger partial charge in [0.1, 0.15) is 11.5 Å². The maximum atomic E-state index is 13.3. The van der Waals surface area contributed by atoms with Crippen molar-refractivity contribution in [2.45, 2.75) is 59.9 Å². The SMILES string of the molecule is CCCCCOc1ccc(C2C(=C(O)c3cc(C)ccc3C)C(=O)C(=O)N2CCN(CC)CC)cc1. The summed E-state index contributed by atoms with van der Waals surface area (Å²) in [5.41, 5.74) is 3.32. The third kappa shape index (κ3) is 6.16. The zero-order valence-electron chi connectivity index (χ0n) is 22.3. The van der Waals surface area contributed by atoms with E-state index >= 15 is 0 Å². The van der Waals surface area contributed by atoms with Crippen molar-refractivity contribution in [2.75, 3.05) is 32.8 Å². The summed E-state index contributed by atoms with van der Waals surface area (Å²) in [4.78, 5) is 30.4. The first-order valence-corrected chi connectivity index (χ1v) is 13.1. The molecule has 0 aliphatic carbocycles. The average Bonchev–Trinajstić information content (AvgIpc) is 3.13. The smallest absolute Gasteiger partial charge is 0.295 e. The Bertz CT molecular complexity index is 1090. The van der Waals surface area contributed by atoms with Gasteiger partial charge in [-0.05, 0) is 62.7 Å². The van der Waals surface area contributed by atoms with Crippen molar-refractivity contribution in [3.8, 4) is 5.75 Å². The molecule has 6 heteroatoms. The van der Waals surface area contributed by atoms with Crippen LogP contribution in [0.2, 0.25) is 0 Å². The van der Waals surface area contributed by atoms with Gasteiger partial charge in [0.25, 0.3) is 11.7 Å². The second-order valence-electron chi connectivity index (χ2n) is 9.46. The van der Waals surface area contributed by atoms with Crippen LogP contribution in [0.25, 0.3) is 5.76 Å². The minimum atomic E-state index is -0.658. The molecule has 1 aliphatic rings. The van der Waals surface area contributed by atoms with Crippen molar-refractivity contribution in [2.24, 2.45) is 0 Å². The van der Waals surface area contributed by atoms with Gasteiger partial charge in [0.15, 0.2) is 0 Å². The Morgan fingerprint density at radius 1 is 1.00 bits per heavy atom. The number of carbonyl (C=O) groups excluding carboxylic acids is 2. The summed E-state index contributed by atoms with van der Waals surface area (Å²) in [6.45, 7) is 13.6. The van der Waals surface area contributed by atoms with E-state index in [4.69, 9.17) is 4.74 Å². The molecule has 1 unspecified atom stereocenters. The van der Waals surface area contributed by atoms with Gasteiger partial charge in [0.05, 0.1) is 18.2 Å². The molecule has 1 atom stereocenters. The lowest BCUT2D eigenvalue weighted by Crippen LogP contribution is -2.38. The molecule has 0 saturated carbocycles. The predicted octanol–water partition coefficient (Wildman–Crippen LogP) is 5.64. The molecule has 3 rings (SSSR count). The fourth-order valence-electron chi connectivity index (χ4n) is 4.67. The fourth-order valence-corrected chi connectivity index (χ4v) is 4.67. The summed E-state index contributed by atoms with van der Waals surface area (Å²) < 4.78 is 5.86. The summed E-state index contributed by atoms with van der Waals surface area (Å²) >= 11 is 0. The highest BCUT2D eigenvalue weighted by molar-refractivity contribution is 6.46. The molecule has 1 saturated heterocycles. The number of unbranched alkanes of at least 4 members (excludes halogenated alkanes) is 2. The molecule has 194 valence electrons. The van der Waals surface area contributed by atoms with E-state index in [1.807, 2.05) is 56.3 Å². The highest BCUT2D eigenvalue weighted by Gasteiger charge is 2.46. The van der Waals surface area contributed by atoms with E-state index in [-0.39, 0.29) is 11.3 Å². The van der Waals surface area contributed by atoms with Crippen molar-refractivity contribution >= 4 is 17.4 Å². The highest BCUT2D eigenvalue weighted by atomic mass is 16.5. The van der Waals surface area contributed by atoms with Crippen LogP contribution in [-0.4, -0.2) is 59.4 Å². The minimum Gasteiger partial charge on any atom is -0.507 e. The minimum absolute atomic E-state index is 0.121. The van der Waals surface area contributed by atoms with Gasteiger partial charge >= 0.3 is 0 Å². The number of likely N-dealkylation sites (tertiary alicyclic amines) is 1. The number of ketones is 1. The van der Waals surface area contributed by atoms with Crippen LogP contribution in [0, 0.1) is 13.8 Å². The zero-order valence-corrected chi connectivity index (χ0v) is 22.3. The zero-order chi connectivity index (χ0) is 26.2. The number of aliphatic hydroxyl groups excluding tert-OH is 1. The Hall–Kier alpha value is -3.12. The summed E-state index contributed by atoms with van der Waals surface area (Å²) in [6, 6.07) is 12.6. The van der Waals surface area contributed by atoms with Crippen LogP contribution >= 0.6 is 0 Å². The van der Waals surface area contributed by atoms with E-state index in [0.717, 1.165) is 54.8 Å². The number of aryl methyl sites for hydroxylation is 2. The molecule has 2 aromatic carbocycles. The van der Waals surface area contributed by atoms with Gasteiger partial charge in [-0.2, -0.15) is 0 Å². The highest BCUT2D eigenvalue weighted by Crippen LogP contribution is 2.40. The molecule has 1 N–H and O–H groups in total. The molecule has 1 fully saturated rings. The number of rotatable bonds is 12. The van der Waals surface area contributed by atoms with E-state index in [0.29, 0.717) is 25.3 Å². The number of nitrogens with zero attached hydrogens (tertiary/aromatic N) is 2. The van der Waals surface area contributed by atoms with Crippen LogP contribution in [0.4, 0.5) is 0 Å². The van der Waals surface area contributed by atoms with Crippen molar-refractivity contribution in [1.82, 2.24) is 9.80 Å². The van der Waals surface area contributed by atoms with Gasteiger partial charge in [0, 0.05) is 18.7 Å². The molecule has 1 amide bonds. The summed E-state index contributed by atoms with van der Waals surface area (Å²) in [5, 5.41) is 11.4. The standard InChI is InChI=1S/C30H40N2O4/c1-6-9-10-19-36-24-15-13-23(14-16-24)27-26(28(33)25-20-21(4)11-12-22(25)5)29(34)30(35)32(27)18-17-31(7-2)8-3/h11-16,20,27,33H,6-10,17-19H2,1-5H3. The molecule has 0 radical (unpaired) electrons. The van der Waals surface area contributed by atoms with E-state index in [1.54, 1.807) is 4.90 Å². The second-order valence-corrected chi connectivity index (χ2v) is 9.46. The van der Waals surface area contributed by atoms with Crippen LogP contribution in [-0.2, 0) is 9.59 Å². The number of ether oxygens (including phenoxy) is 1. The van der Waals surface area contributed by atoms with Gasteiger partial charge < -0.3 is 19.6 Å². The van der Waals surface area contributed by atoms with Gasteiger partial charge in [-0.25, -0.2) is 0 Å². The largest absolute Gasteiger partial charge is 0.507 e. The predicted molar refractivity (Wildman–Crippen MR) is 144 cm³/mol. The van der Waals surface area contributed by atoms with Crippen molar-refractivity contribution in [3.63, 3.8) is 0 Å². The number of amides is 1. The number of likely N-dealkylation sites (N-methyl/N-ethyl adjacent to an activating group) is 1. The van der Waals surface area contributed by atoms with Gasteiger partial charge in [-0.3, -0.25) is 9.59 Å². The molecule has 0 spiro atoms. The second kappa shape index (κ2) is 12.7. The van der Waals surface area contributed by atoms with Crippen LogP contribution < -0.4 is 4.74 Å². The Kier molecular flexibility index (Phi) is 9.71. The van der Waals surface area contributed by atoms with Crippen molar-refractivity contribution in [3.05, 3.63) is 70.3 Å². The summed E-state index contributed by atoms with van der Waals surface area (Å²) in [5.74, 6) is -0.578. The molecular formula is C30H40N2O4. The van der Waals surface area contributed by atoms with Crippen LogP contribution in [0.3, 0.4) is 0 Å². The first-order chi connectivity index (χ1) is 17.3. The third-order valence-corrected chi connectivity index (χ3v) is 6.95.